The molecule has 1 aromatic carbocycles. The van der Waals surface area contributed by atoms with E-state index in [-0.39, 0.29) is 55.2 Å². The molecule has 7 atom stereocenters. The summed E-state index contributed by atoms with van der Waals surface area (Å²) in [5, 5.41) is 14.1. The van der Waals surface area contributed by atoms with E-state index in [1.807, 2.05) is 58.0 Å². The zero-order valence-corrected chi connectivity index (χ0v) is 33.3. The fourth-order valence-electron chi connectivity index (χ4n) is 6.72. The highest BCUT2D eigenvalue weighted by molar-refractivity contribution is 6.38. The Balaban J connectivity index is 1.68. The molecule has 2 aromatic rings. The van der Waals surface area contributed by atoms with Gasteiger partial charge < -0.3 is 36.1 Å². The number of methoxy groups -OCH3 is 1. The third-order valence-corrected chi connectivity index (χ3v) is 9.81. The lowest BCUT2D eigenvalue weighted by Crippen LogP contribution is -2.59. The molecule has 0 saturated heterocycles. The van der Waals surface area contributed by atoms with Crippen molar-refractivity contribution >= 4 is 35.3 Å². The van der Waals surface area contributed by atoms with Crippen LogP contribution in [0.2, 0.25) is 0 Å². The number of ether oxygens (including phenoxy) is 2. The van der Waals surface area contributed by atoms with Crippen molar-refractivity contribution in [1.82, 2.24) is 36.6 Å². The maximum Gasteiger partial charge on any atom is 0.290 e. The van der Waals surface area contributed by atoms with E-state index in [9.17, 15) is 28.8 Å². The molecular formula is C40H59N7O8. The van der Waals surface area contributed by atoms with Crippen LogP contribution in [0.1, 0.15) is 103 Å². The van der Waals surface area contributed by atoms with E-state index in [1.165, 1.54) is 25.7 Å². The highest BCUT2D eigenvalue weighted by Crippen LogP contribution is 2.36. The summed E-state index contributed by atoms with van der Waals surface area (Å²) in [6.45, 7) is 12.9. The van der Waals surface area contributed by atoms with Crippen molar-refractivity contribution in [1.29, 1.82) is 0 Å². The summed E-state index contributed by atoms with van der Waals surface area (Å²) in [6.07, 6.45) is 5.92. The van der Waals surface area contributed by atoms with Gasteiger partial charge in [-0.1, -0.05) is 78.3 Å². The number of nitrogens with zero attached hydrogens (tertiary/aromatic N) is 2. The lowest BCUT2D eigenvalue weighted by Gasteiger charge is -2.33. The predicted octanol–water partition coefficient (Wildman–Crippen LogP) is 3.01. The second-order valence-corrected chi connectivity index (χ2v) is 15.5. The van der Waals surface area contributed by atoms with Gasteiger partial charge in [0, 0.05) is 38.4 Å². The Labute approximate surface area is 324 Å². The molecule has 1 saturated carbocycles. The van der Waals surface area contributed by atoms with E-state index in [0.717, 1.165) is 5.56 Å². The van der Waals surface area contributed by atoms with Crippen molar-refractivity contribution in [3.63, 3.8) is 0 Å². The summed E-state index contributed by atoms with van der Waals surface area (Å²) in [6, 6.07) is 5.96. The van der Waals surface area contributed by atoms with Gasteiger partial charge in [0.05, 0.1) is 24.4 Å². The number of benzene rings is 1. The molecule has 0 aliphatic heterocycles. The molecule has 1 aliphatic rings. The normalized spacial score (nSPS) is 19.0. The van der Waals surface area contributed by atoms with Gasteiger partial charge in [0.2, 0.25) is 23.5 Å². The van der Waals surface area contributed by atoms with Gasteiger partial charge in [0.25, 0.3) is 11.8 Å². The number of carbonyl (C=O) groups is 6. The first-order chi connectivity index (χ1) is 26.1. The van der Waals surface area contributed by atoms with Gasteiger partial charge in [-0.2, -0.15) is 0 Å². The van der Waals surface area contributed by atoms with Crippen LogP contribution >= 0.6 is 0 Å². The Morgan fingerprint density at radius 1 is 0.909 bits per heavy atom. The molecule has 1 aromatic heterocycles. The molecule has 0 radical (unpaired) electrons. The first kappa shape index (κ1) is 44.6. The fraction of sp³-hybridized carbons (Fsp3) is 0.600. The van der Waals surface area contributed by atoms with Crippen molar-refractivity contribution in [2.24, 2.45) is 23.2 Å². The van der Waals surface area contributed by atoms with Gasteiger partial charge in [-0.15, -0.1) is 0 Å². The average molecular weight is 766 g/mol. The Kier molecular flexibility index (Phi) is 17.3. The summed E-state index contributed by atoms with van der Waals surface area (Å²) in [5.74, 6) is -4.23. The van der Waals surface area contributed by atoms with Crippen LogP contribution in [0.3, 0.4) is 0 Å². The SMILES string of the molecule is CCCC(NC(=O)C[C@H]1CC[C@@H](OCOC)[C@H]1CNC(=O)[C@@H](NC(=O)[C@H](NC(=O)c1cnccn1)C(C)C)C(C)(C)C)C(=O)C(=O)N[C@H](C)c1ccccc1. The van der Waals surface area contributed by atoms with E-state index in [2.05, 4.69) is 36.6 Å². The average Bonchev–Trinajstić information content (AvgIpc) is 3.53. The first-order valence-corrected chi connectivity index (χ1v) is 19.0. The first-order valence-electron chi connectivity index (χ1n) is 19.0. The molecule has 302 valence electrons. The molecule has 15 heteroatoms. The monoisotopic (exact) mass is 765 g/mol. The minimum absolute atomic E-state index is 0.0230. The molecule has 55 heavy (non-hydrogen) atoms. The Bertz CT molecular complexity index is 1580. The molecule has 1 fully saturated rings. The molecule has 1 aliphatic carbocycles. The maximum atomic E-state index is 13.8. The predicted molar refractivity (Wildman–Crippen MR) is 205 cm³/mol. The van der Waals surface area contributed by atoms with Crippen LogP contribution in [0.4, 0.5) is 0 Å². The summed E-state index contributed by atoms with van der Waals surface area (Å²) in [4.78, 5) is 87.8. The van der Waals surface area contributed by atoms with Gasteiger partial charge in [-0.05, 0) is 49.0 Å². The van der Waals surface area contributed by atoms with Crippen LogP contribution in [0, 0.1) is 23.2 Å². The zero-order chi connectivity index (χ0) is 40.7. The van der Waals surface area contributed by atoms with Crippen LogP contribution < -0.4 is 26.6 Å². The molecule has 15 nitrogen and oxygen atoms in total. The van der Waals surface area contributed by atoms with Crippen LogP contribution in [0.15, 0.2) is 48.9 Å². The van der Waals surface area contributed by atoms with Crippen molar-refractivity contribution < 1.29 is 38.2 Å². The fourth-order valence-corrected chi connectivity index (χ4v) is 6.72. The lowest BCUT2D eigenvalue weighted by molar-refractivity contribution is -0.140. The van der Waals surface area contributed by atoms with E-state index >= 15 is 0 Å². The lowest BCUT2D eigenvalue weighted by atomic mass is 9.85. The van der Waals surface area contributed by atoms with Crippen molar-refractivity contribution in [2.45, 2.75) is 111 Å². The quantitative estimate of drug-likeness (QED) is 0.0984. The molecular weight excluding hydrogens is 706 g/mol. The van der Waals surface area contributed by atoms with Crippen molar-refractivity contribution in [3.05, 3.63) is 60.2 Å². The molecule has 1 unspecified atom stereocenters. The highest BCUT2D eigenvalue weighted by atomic mass is 16.7. The molecule has 0 spiro atoms. The molecule has 5 amide bonds. The Morgan fingerprint density at radius 2 is 1.62 bits per heavy atom. The summed E-state index contributed by atoms with van der Waals surface area (Å²) < 4.78 is 11.1. The van der Waals surface area contributed by atoms with Crippen molar-refractivity contribution in [2.75, 3.05) is 20.4 Å². The van der Waals surface area contributed by atoms with E-state index in [4.69, 9.17) is 9.47 Å². The Hall–Kier alpha value is -4.76. The minimum Gasteiger partial charge on any atom is -0.359 e. The zero-order valence-electron chi connectivity index (χ0n) is 33.3. The van der Waals surface area contributed by atoms with Crippen molar-refractivity contribution in [3.8, 4) is 0 Å². The third kappa shape index (κ3) is 13.5. The summed E-state index contributed by atoms with van der Waals surface area (Å²) >= 11 is 0. The molecule has 3 rings (SSSR count). The number of carbonyl (C=O) groups excluding carboxylic acids is 6. The second-order valence-electron chi connectivity index (χ2n) is 15.5. The molecule has 5 N–H and O–H groups in total. The van der Waals surface area contributed by atoms with Gasteiger partial charge >= 0.3 is 0 Å². The second kappa shape index (κ2) is 21.4. The van der Waals surface area contributed by atoms with Crippen LogP contribution in [-0.2, 0) is 33.4 Å². The number of Topliss-reactive ketones (excluding diaryl/α,β-unsaturated/α-hetero) is 1. The van der Waals surface area contributed by atoms with Crippen LogP contribution in [0.5, 0.6) is 0 Å². The van der Waals surface area contributed by atoms with E-state index in [1.54, 1.807) is 20.8 Å². The van der Waals surface area contributed by atoms with Crippen LogP contribution in [0.25, 0.3) is 0 Å². The van der Waals surface area contributed by atoms with Crippen LogP contribution in [-0.4, -0.2) is 90.0 Å². The smallest absolute Gasteiger partial charge is 0.290 e. The molecule has 0 bridgehead atoms. The largest absolute Gasteiger partial charge is 0.359 e. The van der Waals surface area contributed by atoms with Gasteiger partial charge in [0.15, 0.2) is 0 Å². The number of aromatic nitrogens is 2. The number of nitrogens with one attached hydrogen (secondary N) is 5. The number of ketones is 1. The topological polar surface area (TPSA) is 207 Å². The maximum absolute atomic E-state index is 13.8. The third-order valence-electron chi connectivity index (χ3n) is 9.81. The summed E-state index contributed by atoms with van der Waals surface area (Å²) in [5.41, 5.74) is 0.189. The van der Waals surface area contributed by atoms with Gasteiger partial charge in [0.1, 0.15) is 24.6 Å². The number of rotatable bonds is 20. The number of hydrogen-bond acceptors (Lipinski definition) is 10. The van der Waals surface area contributed by atoms with E-state index < -0.39 is 59.0 Å². The molecule has 1 heterocycles. The van der Waals surface area contributed by atoms with Gasteiger partial charge in [-0.3, -0.25) is 33.8 Å². The minimum atomic E-state index is -0.989. The Morgan fingerprint density at radius 3 is 2.22 bits per heavy atom. The highest BCUT2D eigenvalue weighted by Gasteiger charge is 2.41. The van der Waals surface area contributed by atoms with E-state index in [0.29, 0.717) is 25.7 Å². The van der Waals surface area contributed by atoms with Gasteiger partial charge in [-0.25, -0.2) is 4.98 Å². The summed E-state index contributed by atoms with van der Waals surface area (Å²) in [7, 11) is 1.51. The number of amides is 5. The number of hydrogen-bond donors (Lipinski definition) is 5. The standard InChI is InChI=1S/C40H59N7O8/c1-9-13-29(34(49)38(52)44-25(4)26-14-11-10-12-15-26)45-32(48)20-27-16-17-31(55-23-54-8)28(27)21-43-39(53)35(40(5,6)7)47-37(51)33(24(2)3)46-36(50)30-22-41-18-19-42-30/h10-12,14-15,18-19,22,24-25,27-29,31,33,35H,9,13,16-17,20-21,23H2,1-8H3,(H,43,53)(H,44,52)(H,45,48)(H,46,50)(H,47,51)/t25-,27-,28+,29?,31-,33-,35-/m1/s1.